The van der Waals surface area contributed by atoms with Crippen LogP contribution >= 0.6 is 0 Å². The van der Waals surface area contributed by atoms with Crippen molar-refractivity contribution in [2.24, 2.45) is 0 Å². The number of allylic oxidation sites excluding steroid dienone is 3. The molecule has 0 fully saturated rings. The van der Waals surface area contributed by atoms with Crippen LogP contribution in [0.1, 0.15) is 5.56 Å². The standard InChI is InChI=1S/C14H14O2/c1-3-12(2)9-10-14(15)16-11-13-7-5-4-6-8-13/h3-10H,1-2,11H2. The number of ether oxygens (including phenoxy) is 1. The van der Waals surface area contributed by atoms with Gasteiger partial charge in [-0.2, -0.15) is 0 Å². The Morgan fingerprint density at radius 2 is 1.94 bits per heavy atom. The monoisotopic (exact) mass is 214 g/mol. The highest BCUT2D eigenvalue weighted by molar-refractivity contribution is 5.82. The Balaban J connectivity index is 2.39. The lowest BCUT2D eigenvalue weighted by Crippen LogP contribution is -2.00. The SMILES string of the molecule is C=CC(=C)C=CC(=O)OCc1ccccc1. The second-order valence-electron chi connectivity index (χ2n) is 3.21. The lowest BCUT2D eigenvalue weighted by molar-refractivity contribution is -0.139. The predicted molar refractivity (Wildman–Crippen MR) is 64.7 cm³/mol. The molecule has 0 aliphatic carbocycles. The second kappa shape index (κ2) is 6.40. The minimum atomic E-state index is -0.383. The van der Waals surface area contributed by atoms with Gasteiger partial charge in [-0.25, -0.2) is 4.79 Å². The summed E-state index contributed by atoms with van der Waals surface area (Å²) in [5, 5.41) is 0. The van der Waals surface area contributed by atoms with Crippen LogP contribution in [0.5, 0.6) is 0 Å². The molecule has 0 atom stereocenters. The zero-order valence-corrected chi connectivity index (χ0v) is 9.06. The zero-order valence-electron chi connectivity index (χ0n) is 9.06. The zero-order chi connectivity index (χ0) is 11.8. The van der Waals surface area contributed by atoms with Gasteiger partial charge >= 0.3 is 5.97 Å². The third-order valence-electron chi connectivity index (χ3n) is 1.92. The van der Waals surface area contributed by atoms with E-state index in [1.807, 2.05) is 30.3 Å². The highest BCUT2D eigenvalue weighted by atomic mass is 16.5. The molecule has 2 nitrogen and oxygen atoms in total. The van der Waals surface area contributed by atoms with Gasteiger partial charge in [-0.15, -0.1) is 0 Å². The molecule has 0 unspecified atom stereocenters. The van der Waals surface area contributed by atoms with Crippen LogP contribution in [0.3, 0.4) is 0 Å². The summed E-state index contributed by atoms with van der Waals surface area (Å²) in [4.78, 5) is 11.3. The predicted octanol–water partition coefficient (Wildman–Crippen LogP) is 3.03. The van der Waals surface area contributed by atoms with Gasteiger partial charge in [0.2, 0.25) is 0 Å². The normalized spacial score (nSPS) is 10.0. The number of rotatable bonds is 5. The van der Waals surface area contributed by atoms with Gasteiger partial charge in [0.25, 0.3) is 0 Å². The van der Waals surface area contributed by atoms with Gasteiger partial charge in [-0.3, -0.25) is 0 Å². The van der Waals surface area contributed by atoms with E-state index in [-0.39, 0.29) is 12.6 Å². The van der Waals surface area contributed by atoms with Crippen molar-refractivity contribution < 1.29 is 9.53 Å². The summed E-state index contributed by atoms with van der Waals surface area (Å²) in [6, 6.07) is 9.52. The van der Waals surface area contributed by atoms with Gasteiger partial charge in [-0.05, 0) is 17.2 Å². The van der Waals surface area contributed by atoms with Crippen LogP contribution in [-0.2, 0) is 16.1 Å². The fraction of sp³-hybridized carbons (Fsp3) is 0.0714. The van der Waals surface area contributed by atoms with Crippen molar-refractivity contribution in [2.45, 2.75) is 6.61 Å². The summed E-state index contributed by atoms with van der Waals surface area (Å²) in [6.45, 7) is 7.46. The largest absolute Gasteiger partial charge is 0.458 e. The van der Waals surface area contributed by atoms with Crippen molar-refractivity contribution in [3.05, 3.63) is 72.9 Å². The molecule has 0 amide bonds. The quantitative estimate of drug-likeness (QED) is 0.428. The number of carbonyl (C=O) groups is 1. The van der Waals surface area contributed by atoms with Crippen molar-refractivity contribution in [3.8, 4) is 0 Å². The molecule has 82 valence electrons. The van der Waals surface area contributed by atoms with Crippen LogP contribution < -0.4 is 0 Å². The van der Waals surface area contributed by atoms with Crippen molar-refractivity contribution in [1.29, 1.82) is 0 Å². The summed E-state index contributed by atoms with van der Waals surface area (Å²) in [6.07, 6.45) is 4.48. The minimum absolute atomic E-state index is 0.282. The van der Waals surface area contributed by atoms with Crippen molar-refractivity contribution in [2.75, 3.05) is 0 Å². The third-order valence-corrected chi connectivity index (χ3v) is 1.92. The van der Waals surface area contributed by atoms with E-state index >= 15 is 0 Å². The molecular weight excluding hydrogens is 200 g/mol. The van der Waals surface area contributed by atoms with Gasteiger partial charge in [0.05, 0.1) is 0 Å². The van der Waals surface area contributed by atoms with E-state index in [0.29, 0.717) is 5.57 Å². The van der Waals surface area contributed by atoms with Gasteiger partial charge < -0.3 is 4.74 Å². The molecule has 0 aliphatic heterocycles. The fourth-order valence-electron chi connectivity index (χ4n) is 1.02. The highest BCUT2D eigenvalue weighted by Gasteiger charge is 1.97. The van der Waals surface area contributed by atoms with Gasteiger partial charge in [0.1, 0.15) is 6.61 Å². The molecule has 0 aromatic heterocycles. The summed E-state index contributed by atoms with van der Waals surface area (Å²) in [5.41, 5.74) is 1.64. The molecule has 1 aromatic rings. The summed E-state index contributed by atoms with van der Waals surface area (Å²) >= 11 is 0. The van der Waals surface area contributed by atoms with E-state index in [1.165, 1.54) is 6.08 Å². The van der Waals surface area contributed by atoms with Crippen LogP contribution in [0, 0.1) is 0 Å². The molecule has 0 radical (unpaired) electrons. The van der Waals surface area contributed by atoms with E-state index in [2.05, 4.69) is 13.2 Å². The molecule has 1 aromatic carbocycles. The molecule has 0 saturated heterocycles. The van der Waals surface area contributed by atoms with Crippen molar-refractivity contribution in [3.63, 3.8) is 0 Å². The van der Waals surface area contributed by atoms with E-state index in [4.69, 9.17) is 4.74 Å². The van der Waals surface area contributed by atoms with Gasteiger partial charge in [-0.1, -0.05) is 49.6 Å². The van der Waals surface area contributed by atoms with Crippen LogP contribution in [0.15, 0.2) is 67.3 Å². The molecule has 0 spiro atoms. The fourth-order valence-corrected chi connectivity index (χ4v) is 1.02. The Kier molecular flexibility index (Phi) is 4.80. The van der Waals surface area contributed by atoms with Crippen LogP contribution in [0.2, 0.25) is 0 Å². The lowest BCUT2D eigenvalue weighted by Gasteiger charge is -2.01. The first-order valence-electron chi connectivity index (χ1n) is 4.92. The number of benzene rings is 1. The Morgan fingerprint density at radius 3 is 2.56 bits per heavy atom. The minimum Gasteiger partial charge on any atom is -0.458 e. The molecule has 0 bridgehead atoms. The van der Waals surface area contributed by atoms with Crippen LogP contribution in [-0.4, -0.2) is 5.97 Å². The van der Waals surface area contributed by atoms with Gasteiger partial charge in [0.15, 0.2) is 0 Å². The maximum atomic E-state index is 11.3. The number of hydrogen-bond donors (Lipinski definition) is 0. The number of hydrogen-bond acceptors (Lipinski definition) is 2. The summed E-state index contributed by atoms with van der Waals surface area (Å²) in [5.74, 6) is -0.383. The highest BCUT2D eigenvalue weighted by Crippen LogP contribution is 2.01. The molecular formula is C14H14O2. The molecule has 0 aliphatic rings. The Bertz CT molecular complexity index is 402. The maximum Gasteiger partial charge on any atom is 0.331 e. The second-order valence-corrected chi connectivity index (χ2v) is 3.21. The maximum absolute atomic E-state index is 11.3. The molecule has 0 heterocycles. The third kappa shape index (κ3) is 4.42. The summed E-state index contributed by atoms with van der Waals surface area (Å²) in [7, 11) is 0. The first-order valence-corrected chi connectivity index (χ1v) is 4.92. The number of carbonyl (C=O) groups excluding carboxylic acids is 1. The van der Waals surface area contributed by atoms with E-state index in [1.54, 1.807) is 12.2 Å². The average molecular weight is 214 g/mol. The first kappa shape index (κ1) is 12.0. The Morgan fingerprint density at radius 1 is 1.25 bits per heavy atom. The van der Waals surface area contributed by atoms with E-state index in [0.717, 1.165) is 5.56 Å². The van der Waals surface area contributed by atoms with E-state index in [9.17, 15) is 4.79 Å². The molecule has 16 heavy (non-hydrogen) atoms. The summed E-state index contributed by atoms with van der Waals surface area (Å²) < 4.78 is 5.02. The van der Waals surface area contributed by atoms with Crippen LogP contribution in [0.25, 0.3) is 0 Å². The molecule has 2 heteroatoms. The Hall–Kier alpha value is -2.09. The van der Waals surface area contributed by atoms with Crippen molar-refractivity contribution in [1.82, 2.24) is 0 Å². The average Bonchev–Trinajstić information content (AvgIpc) is 2.34. The Labute approximate surface area is 95.6 Å². The molecule has 0 saturated carbocycles. The van der Waals surface area contributed by atoms with Crippen molar-refractivity contribution >= 4 is 5.97 Å². The molecule has 1 rings (SSSR count). The molecule has 0 N–H and O–H groups in total. The van der Waals surface area contributed by atoms with E-state index < -0.39 is 0 Å². The first-order chi connectivity index (χ1) is 7.72. The van der Waals surface area contributed by atoms with Gasteiger partial charge in [0, 0.05) is 6.08 Å². The topological polar surface area (TPSA) is 26.3 Å². The number of esters is 1. The van der Waals surface area contributed by atoms with Crippen LogP contribution in [0.4, 0.5) is 0 Å². The lowest BCUT2D eigenvalue weighted by atomic mass is 10.2. The smallest absolute Gasteiger partial charge is 0.331 e.